The minimum atomic E-state index is -4.12. The molecule has 2 aliphatic rings. The molecular formula is C15H16F3N3S. The molecule has 0 radical (unpaired) electrons. The molecule has 1 saturated heterocycles. The molecule has 22 heavy (non-hydrogen) atoms. The highest BCUT2D eigenvalue weighted by molar-refractivity contribution is 7.19. The molecule has 2 aromatic rings. The van der Waals surface area contributed by atoms with Gasteiger partial charge in [0.05, 0.1) is 11.3 Å². The maximum absolute atomic E-state index is 13.0. The molecule has 0 spiro atoms. The fourth-order valence-corrected chi connectivity index (χ4v) is 4.81. The number of hydrogen-bond donors (Lipinski definition) is 0. The van der Waals surface area contributed by atoms with Crippen LogP contribution in [0.4, 0.5) is 19.0 Å². The predicted molar refractivity (Wildman–Crippen MR) is 80.4 cm³/mol. The minimum absolute atomic E-state index is 0.0141. The molecule has 0 bridgehead atoms. The molecule has 7 heteroatoms. The predicted octanol–water partition coefficient (Wildman–Crippen LogP) is 3.96. The van der Waals surface area contributed by atoms with Crippen LogP contribution in [0.5, 0.6) is 0 Å². The van der Waals surface area contributed by atoms with Gasteiger partial charge in [-0.2, -0.15) is 13.2 Å². The maximum atomic E-state index is 13.0. The van der Waals surface area contributed by atoms with Gasteiger partial charge in [0, 0.05) is 18.0 Å². The average Bonchev–Trinajstić information content (AvgIpc) is 3.06. The van der Waals surface area contributed by atoms with Gasteiger partial charge in [0.25, 0.3) is 0 Å². The van der Waals surface area contributed by atoms with Crippen LogP contribution < -0.4 is 4.90 Å². The zero-order valence-corrected chi connectivity index (χ0v) is 12.8. The van der Waals surface area contributed by atoms with Crippen molar-refractivity contribution >= 4 is 27.4 Å². The average molecular weight is 327 g/mol. The van der Waals surface area contributed by atoms with E-state index >= 15 is 0 Å². The topological polar surface area (TPSA) is 29.0 Å². The number of rotatable bonds is 1. The maximum Gasteiger partial charge on any atom is 0.393 e. The summed E-state index contributed by atoms with van der Waals surface area (Å²) in [4.78, 5) is 12.7. The van der Waals surface area contributed by atoms with Crippen molar-refractivity contribution in [1.82, 2.24) is 9.97 Å². The van der Waals surface area contributed by atoms with Crippen molar-refractivity contribution in [2.24, 2.45) is 5.92 Å². The largest absolute Gasteiger partial charge is 0.393 e. The van der Waals surface area contributed by atoms with Gasteiger partial charge >= 0.3 is 6.18 Å². The molecule has 1 aliphatic heterocycles. The summed E-state index contributed by atoms with van der Waals surface area (Å²) < 4.78 is 39.1. The summed E-state index contributed by atoms with van der Waals surface area (Å²) in [6.07, 6.45) is 1.31. The van der Waals surface area contributed by atoms with E-state index in [-0.39, 0.29) is 13.0 Å². The molecule has 2 aromatic heterocycles. The van der Waals surface area contributed by atoms with Crippen molar-refractivity contribution in [3.05, 3.63) is 16.8 Å². The lowest BCUT2D eigenvalue weighted by atomic mass is 9.97. The number of aryl methyl sites for hydroxylation is 2. The fourth-order valence-electron chi connectivity index (χ4n) is 3.59. The van der Waals surface area contributed by atoms with Crippen molar-refractivity contribution < 1.29 is 13.2 Å². The van der Waals surface area contributed by atoms with Crippen molar-refractivity contribution in [2.75, 3.05) is 18.0 Å². The van der Waals surface area contributed by atoms with Crippen molar-refractivity contribution in [3.63, 3.8) is 0 Å². The van der Waals surface area contributed by atoms with Crippen LogP contribution in [0.15, 0.2) is 6.33 Å². The van der Waals surface area contributed by atoms with Crippen molar-refractivity contribution in [1.29, 1.82) is 0 Å². The number of alkyl halides is 3. The van der Waals surface area contributed by atoms with Crippen LogP contribution >= 0.6 is 11.3 Å². The van der Waals surface area contributed by atoms with E-state index in [0.29, 0.717) is 18.8 Å². The first kappa shape index (κ1) is 14.2. The smallest absolute Gasteiger partial charge is 0.355 e. The van der Waals surface area contributed by atoms with Gasteiger partial charge in [-0.15, -0.1) is 11.3 Å². The summed E-state index contributed by atoms with van der Waals surface area (Å²) in [5.74, 6) is -0.545. The summed E-state index contributed by atoms with van der Waals surface area (Å²) in [7, 11) is 0. The molecule has 3 nitrogen and oxygen atoms in total. The molecule has 1 aliphatic carbocycles. The third-order valence-corrected chi connectivity index (χ3v) is 5.86. The Labute approximate surface area is 130 Å². The summed E-state index contributed by atoms with van der Waals surface area (Å²) >= 11 is 1.67. The summed E-state index contributed by atoms with van der Waals surface area (Å²) in [6.45, 7) is 0.656. The first-order chi connectivity index (χ1) is 10.5. The Kier molecular flexibility index (Phi) is 3.29. The fraction of sp³-hybridized carbons (Fsp3) is 0.600. The van der Waals surface area contributed by atoms with Gasteiger partial charge in [0.2, 0.25) is 0 Å². The van der Waals surface area contributed by atoms with Gasteiger partial charge in [-0.05, 0) is 37.7 Å². The Bertz CT molecular complexity index is 710. The van der Waals surface area contributed by atoms with Crippen LogP contribution in [0.25, 0.3) is 10.2 Å². The van der Waals surface area contributed by atoms with Gasteiger partial charge in [-0.1, -0.05) is 0 Å². The van der Waals surface area contributed by atoms with Crippen LogP contribution in [-0.2, 0) is 12.8 Å². The lowest BCUT2D eigenvalue weighted by molar-refractivity contribution is -0.176. The van der Waals surface area contributed by atoms with Gasteiger partial charge in [0.15, 0.2) is 0 Å². The molecular weight excluding hydrogens is 311 g/mol. The summed E-state index contributed by atoms with van der Waals surface area (Å²) in [6, 6.07) is 0. The monoisotopic (exact) mass is 327 g/mol. The van der Waals surface area contributed by atoms with Gasteiger partial charge in [-0.25, -0.2) is 9.97 Å². The van der Waals surface area contributed by atoms with Gasteiger partial charge < -0.3 is 4.90 Å². The number of thiophene rings is 1. The van der Waals surface area contributed by atoms with Crippen molar-refractivity contribution in [3.8, 4) is 0 Å². The van der Waals surface area contributed by atoms with Gasteiger partial charge in [0.1, 0.15) is 17.0 Å². The third-order valence-electron chi connectivity index (χ3n) is 4.67. The second kappa shape index (κ2) is 5.08. The van der Waals surface area contributed by atoms with E-state index in [1.807, 2.05) is 4.90 Å². The van der Waals surface area contributed by atoms with Crippen LogP contribution in [0, 0.1) is 5.92 Å². The summed E-state index contributed by atoms with van der Waals surface area (Å²) in [5.41, 5.74) is 1.27. The van der Waals surface area contributed by atoms with Crippen molar-refractivity contribution in [2.45, 2.75) is 38.3 Å². The van der Waals surface area contributed by atoms with Crippen LogP contribution in [0.1, 0.15) is 29.7 Å². The number of nitrogens with zero attached hydrogens (tertiary/aromatic N) is 3. The lowest BCUT2D eigenvalue weighted by Crippen LogP contribution is -2.42. The quantitative estimate of drug-likeness (QED) is 0.794. The van der Waals surface area contributed by atoms with Crippen LogP contribution in [0.2, 0.25) is 0 Å². The zero-order valence-electron chi connectivity index (χ0n) is 12.0. The van der Waals surface area contributed by atoms with E-state index in [1.165, 1.54) is 16.8 Å². The Morgan fingerprint density at radius 1 is 1.18 bits per heavy atom. The van der Waals surface area contributed by atoms with E-state index in [9.17, 15) is 13.2 Å². The molecule has 4 rings (SSSR count). The highest BCUT2D eigenvalue weighted by Crippen LogP contribution is 2.42. The van der Waals surface area contributed by atoms with Gasteiger partial charge in [-0.3, -0.25) is 0 Å². The molecule has 0 saturated carbocycles. The highest BCUT2D eigenvalue weighted by Gasteiger charge is 2.42. The van der Waals surface area contributed by atoms with E-state index in [0.717, 1.165) is 29.5 Å². The molecule has 1 atom stereocenters. The number of halogens is 3. The van der Waals surface area contributed by atoms with E-state index in [4.69, 9.17) is 0 Å². The molecule has 1 unspecified atom stereocenters. The summed E-state index contributed by atoms with van der Waals surface area (Å²) in [5, 5.41) is 1.00. The lowest BCUT2D eigenvalue weighted by Gasteiger charge is -2.34. The first-order valence-electron chi connectivity index (χ1n) is 7.61. The number of aromatic nitrogens is 2. The number of hydrogen-bond acceptors (Lipinski definition) is 4. The Balaban J connectivity index is 1.75. The molecule has 0 N–H and O–H groups in total. The van der Waals surface area contributed by atoms with E-state index in [2.05, 4.69) is 9.97 Å². The molecule has 1 fully saturated rings. The Morgan fingerprint density at radius 2 is 2.05 bits per heavy atom. The SMILES string of the molecule is FC(F)(F)C1CCCN(c2ncnc3sc4c(c23)CCC4)C1. The standard InChI is InChI=1S/C15H16F3N3S/c16-15(17,18)9-3-2-6-21(7-9)13-12-10-4-1-5-11(10)22-14(12)20-8-19-13/h8-9H,1-7H2. The molecule has 0 aromatic carbocycles. The van der Waals surface area contributed by atoms with Crippen LogP contribution in [-0.4, -0.2) is 29.2 Å². The normalized spacial score (nSPS) is 22.3. The Morgan fingerprint density at radius 3 is 2.86 bits per heavy atom. The number of fused-ring (bicyclic) bond motifs is 3. The highest BCUT2D eigenvalue weighted by atomic mass is 32.1. The second-order valence-corrected chi connectivity index (χ2v) is 7.15. The molecule has 118 valence electrons. The zero-order chi connectivity index (χ0) is 15.3. The molecule has 3 heterocycles. The molecule has 0 amide bonds. The third kappa shape index (κ3) is 2.26. The minimum Gasteiger partial charge on any atom is -0.355 e. The Hall–Kier alpha value is -1.37. The van der Waals surface area contributed by atoms with E-state index < -0.39 is 12.1 Å². The first-order valence-corrected chi connectivity index (χ1v) is 8.42. The number of anilines is 1. The van der Waals surface area contributed by atoms with E-state index in [1.54, 1.807) is 11.3 Å². The number of piperidine rings is 1. The second-order valence-electron chi connectivity index (χ2n) is 6.06. The van der Waals surface area contributed by atoms with Crippen LogP contribution in [0.3, 0.4) is 0 Å².